The van der Waals surface area contributed by atoms with Crippen molar-refractivity contribution in [3.63, 3.8) is 0 Å². The molecule has 1 aliphatic heterocycles. The Bertz CT molecular complexity index is 2690. The molecular weight excluding hydrogens is 892 g/mol. The highest BCUT2D eigenvalue weighted by Gasteiger charge is 2.55. The van der Waals surface area contributed by atoms with Crippen LogP contribution in [0.5, 0.6) is 80.5 Å². The van der Waals surface area contributed by atoms with Crippen LogP contribution < -0.4 is 0 Å². The van der Waals surface area contributed by atoms with Crippen molar-refractivity contribution in [3.05, 3.63) is 94.5 Å². The van der Waals surface area contributed by atoms with Crippen LogP contribution in [0.3, 0.4) is 0 Å². The maximum absolute atomic E-state index is 13.9. The van der Waals surface area contributed by atoms with Gasteiger partial charge in [-0.2, -0.15) is 0 Å². The van der Waals surface area contributed by atoms with Crippen molar-refractivity contribution in [2.75, 3.05) is 6.61 Å². The molecule has 0 aromatic heterocycles. The molecule has 0 radical (unpaired) electrons. The second-order valence-corrected chi connectivity index (χ2v) is 13.8. The van der Waals surface area contributed by atoms with E-state index >= 15 is 0 Å². The van der Waals surface area contributed by atoms with Crippen molar-refractivity contribution < 1.29 is 124 Å². The largest absolute Gasteiger partial charge is 0.504 e. The van der Waals surface area contributed by atoms with Gasteiger partial charge in [0.05, 0.1) is 27.8 Å². The number of benzene rings is 5. The van der Waals surface area contributed by atoms with Gasteiger partial charge < -0.3 is 99.9 Å². The smallest absolute Gasteiger partial charge is 0.340 e. The van der Waals surface area contributed by atoms with Crippen molar-refractivity contribution in [2.24, 2.45) is 0 Å². The molecule has 25 nitrogen and oxygen atoms in total. The lowest BCUT2D eigenvalue weighted by Gasteiger charge is -2.43. The minimum atomic E-state index is -2.52. The summed E-state index contributed by atoms with van der Waals surface area (Å²) in [6.07, 6.45) is -12.0. The quantitative estimate of drug-likeness (QED) is 0.0511. The summed E-state index contributed by atoms with van der Waals surface area (Å²) in [6, 6.07) is 7.14. The molecule has 0 bridgehead atoms. The monoisotopic (exact) mass is 924 g/mol. The van der Waals surface area contributed by atoms with Crippen LogP contribution in [0.15, 0.2) is 66.7 Å². The Kier molecular flexibility index (Phi) is 12.7. The molecule has 66 heavy (non-hydrogen) atoms. The Balaban J connectivity index is 1.52. The molecule has 6 rings (SSSR count). The highest BCUT2D eigenvalue weighted by atomic mass is 16.7. The van der Waals surface area contributed by atoms with Crippen molar-refractivity contribution in [1.29, 1.82) is 0 Å². The molecule has 1 fully saturated rings. The van der Waals surface area contributed by atoms with Gasteiger partial charge in [-0.1, -0.05) is 0 Å². The van der Waals surface area contributed by atoms with Gasteiger partial charge in [0.15, 0.2) is 92.7 Å². The first-order chi connectivity index (χ1) is 31.0. The van der Waals surface area contributed by atoms with Crippen LogP contribution in [0.2, 0.25) is 0 Å². The van der Waals surface area contributed by atoms with E-state index in [2.05, 4.69) is 0 Å². The van der Waals surface area contributed by atoms with E-state index in [4.69, 9.17) is 28.4 Å². The Labute approximate surface area is 365 Å². The van der Waals surface area contributed by atoms with Crippen LogP contribution in [0.1, 0.15) is 51.8 Å². The minimum Gasteiger partial charge on any atom is -0.504 e. The number of carbonyl (C=O) groups is 5. The Morgan fingerprint density at radius 2 is 0.682 bits per heavy atom. The van der Waals surface area contributed by atoms with Gasteiger partial charge in [-0.15, -0.1) is 0 Å². The summed E-state index contributed by atoms with van der Waals surface area (Å²) >= 11 is 0. The zero-order valence-electron chi connectivity index (χ0n) is 32.7. The molecule has 5 aromatic rings. The molecule has 346 valence electrons. The molecule has 5 atom stereocenters. The van der Waals surface area contributed by atoms with E-state index in [1.165, 1.54) is 0 Å². The van der Waals surface area contributed by atoms with Gasteiger partial charge >= 0.3 is 29.8 Å². The highest BCUT2D eigenvalue weighted by Crippen LogP contribution is 2.41. The summed E-state index contributed by atoms with van der Waals surface area (Å²) in [6.45, 7) is -1.17. The average molecular weight is 925 g/mol. The molecule has 1 heterocycles. The molecule has 0 aliphatic carbocycles. The lowest BCUT2D eigenvalue weighted by molar-refractivity contribution is -0.282. The Hall–Kier alpha value is -9.39. The van der Waals surface area contributed by atoms with E-state index in [1.54, 1.807) is 0 Å². The summed E-state index contributed by atoms with van der Waals surface area (Å²) in [4.78, 5) is 68.4. The normalized spacial score (nSPS) is 17.8. The fraction of sp³-hybridized carbons (Fsp3) is 0.146. The molecule has 5 aromatic carbocycles. The van der Waals surface area contributed by atoms with Gasteiger partial charge in [-0.05, 0) is 66.7 Å². The molecule has 14 N–H and O–H groups in total. The number of carbonyl (C=O) groups excluding carboxylic acids is 5. The predicted molar refractivity (Wildman–Crippen MR) is 207 cm³/mol. The van der Waals surface area contributed by atoms with Crippen LogP contribution in [-0.2, 0) is 28.4 Å². The third-order valence-electron chi connectivity index (χ3n) is 9.36. The van der Waals surface area contributed by atoms with Gasteiger partial charge in [-0.3, -0.25) is 0 Å². The zero-order valence-corrected chi connectivity index (χ0v) is 32.7. The van der Waals surface area contributed by atoms with Crippen molar-refractivity contribution in [2.45, 2.75) is 30.7 Å². The van der Waals surface area contributed by atoms with Gasteiger partial charge in [0.2, 0.25) is 12.4 Å². The number of phenols is 14. The Morgan fingerprint density at radius 1 is 0.364 bits per heavy atom. The summed E-state index contributed by atoms with van der Waals surface area (Å²) in [5, 5.41) is 140. The number of rotatable bonds is 11. The van der Waals surface area contributed by atoms with Gasteiger partial charge in [-0.25, -0.2) is 24.0 Å². The fourth-order valence-corrected chi connectivity index (χ4v) is 6.04. The number of ether oxygens (including phenoxy) is 6. The van der Waals surface area contributed by atoms with Crippen LogP contribution in [0.4, 0.5) is 0 Å². The first kappa shape index (κ1) is 46.1. The lowest BCUT2D eigenvalue weighted by atomic mass is 9.97. The van der Waals surface area contributed by atoms with Crippen LogP contribution in [0.25, 0.3) is 0 Å². The third kappa shape index (κ3) is 9.49. The van der Waals surface area contributed by atoms with Crippen LogP contribution in [-0.4, -0.2) is 139 Å². The van der Waals surface area contributed by atoms with Gasteiger partial charge in [0, 0.05) is 0 Å². The first-order valence-electron chi connectivity index (χ1n) is 18.2. The molecule has 0 saturated carbocycles. The minimum absolute atomic E-state index is 0.429. The third-order valence-corrected chi connectivity index (χ3v) is 9.36. The van der Waals surface area contributed by atoms with E-state index in [9.17, 15) is 95.5 Å². The zero-order chi connectivity index (χ0) is 48.5. The summed E-state index contributed by atoms with van der Waals surface area (Å²) in [5.41, 5.74) is -3.55. The molecule has 1 saturated heterocycles. The number of phenolic OH excluding ortho intramolecular Hbond substituents is 14. The average Bonchev–Trinajstić information content (AvgIpc) is 3.26. The van der Waals surface area contributed by atoms with E-state index in [1.807, 2.05) is 0 Å². The molecule has 0 spiro atoms. The maximum atomic E-state index is 13.9. The van der Waals surface area contributed by atoms with Crippen LogP contribution in [0, 0.1) is 0 Å². The van der Waals surface area contributed by atoms with E-state index in [-0.39, 0.29) is 0 Å². The Morgan fingerprint density at radius 3 is 1.05 bits per heavy atom. The number of hydrogen-bond donors (Lipinski definition) is 14. The van der Waals surface area contributed by atoms with Crippen molar-refractivity contribution >= 4 is 29.8 Å². The SMILES string of the molecule is O=C(OC[C@H]1O[C@@H](OC(=O)c2cc(O)c(O)c(O)c2)[C@H](OC(=O)c2cc(O)c(O)c(O)c2)[C@@H](OC(=O)c2cc(O)c(O)c(O)c2)[C@@H]1OC(=O)c1cc(O)c(O)c(O)c1)c1ccc(O)c(O)c1. The fourth-order valence-electron chi connectivity index (χ4n) is 6.04. The summed E-state index contributed by atoms with van der Waals surface area (Å²) in [7, 11) is 0. The topological polar surface area (TPSA) is 424 Å². The molecule has 0 amide bonds. The van der Waals surface area contributed by atoms with Crippen LogP contribution >= 0.6 is 0 Å². The summed E-state index contributed by atoms with van der Waals surface area (Å²) < 4.78 is 33.4. The molecule has 1 aliphatic rings. The molecule has 25 heteroatoms. The lowest BCUT2D eigenvalue weighted by Crippen LogP contribution is -2.63. The van der Waals surface area contributed by atoms with Crippen molar-refractivity contribution in [3.8, 4) is 80.5 Å². The van der Waals surface area contributed by atoms with E-state index < -0.39 is 175 Å². The van der Waals surface area contributed by atoms with Crippen molar-refractivity contribution in [1.82, 2.24) is 0 Å². The van der Waals surface area contributed by atoms with E-state index in [0.29, 0.717) is 48.5 Å². The number of hydrogen-bond acceptors (Lipinski definition) is 25. The molecule has 0 unspecified atom stereocenters. The standard InChI is InChI=1S/C41H32O25/c42-18-2-1-13(3-19(18)43)36(56)61-12-28-33(63-37(57)14-4-20(44)29(52)21(45)5-14)34(64-38(58)15-6-22(46)30(53)23(47)7-15)35(65-39(59)16-8-24(48)31(54)25(49)9-16)41(62-28)66-40(60)17-10-26(50)32(55)27(51)11-17/h1-11,28,33-35,41-55H,12H2/t28-,33-,34+,35-,41+/m1/s1. The number of esters is 5. The predicted octanol–water partition coefficient (Wildman–Crippen LogP) is 1.98. The highest BCUT2D eigenvalue weighted by molar-refractivity contribution is 5.94. The second-order valence-electron chi connectivity index (χ2n) is 13.8. The maximum Gasteiger partial charge on any atom is 0.340 e. The second kappa shape index (κ2) is 18.1. The number of aromatic hydroxyl groups is 14. The summed E-state index contributed by atoms with van der Waals surface area (Å²) in [5.74, 6) is -22.3. The first-order valence-corrected chi connectivity index (χ1v) is 18.2. The van der Waals surface area contributed by atoms with E-state index in [0.717, 1.165) is 18.2 Å². The van der Waals surface area contributed by atoms with Gasteiger partial charge in [0.25, 0.3) is 0 Å². The van der Waals surface area contributed by atoms with Gasteiger partial charge in [0.1, 0.15) is 12.7 Å². The molecular formula is C41H32O25.